The van der Waals surface area contributed by atoms with Crippen LogP contribution in [0.25, 0.3) is 0 Å². The molecule has 1 aromatic heterocycles. The number of hydrogen-bond donors (Lipinski definition) is 1. The molecule has 1 N–H and O–H groups in total. The van der Waals surface area contributed by atoms with E-state index in [4.69, 9.17) is 0 Å². The summed E-state index contributed by atoms with van der Waals surface area (Å²) in [5, 5.41) is 3.66. The van der Waals surface area contributed by atoms with Gasteiger partial charge >= 0.3 is 0 Å². The summed E-state index contributed by atoms with van der Waals surface area (Å²) in [6.07, 6.45) is 7.27. The molecule has 154 valence electrons. The average molecular weight is 411 g/mol. The lowest BCUT2D eigenvalue weighted by atomic mass is 10.1. The molecule has 2 aliphatic heterocycles. The zero-order valence-corrected chi connectivity index (χ0v) is 17.7. The van der Waals surface area contributed by atoms with Crippen molar-refractivity contribution in [3.05, 3.63) is 66.0 Å². The Morgan fingerprint density at radius 2 is 1.90 bits per heavy atom. The maximum Gasteiger partial charge on any atom is 0.240 e. The fraction of sp³-hybridized carbons (Fsp3) is 0.478. The summed E-state index contributed by atoms with van der Waals surface area (Å²) in [6.45, 7) is 4.80. The van der Waals surface area contributed by atoms with Gasteiger partial charge in [0.2, 0.25) is 5.91 Å². The maximum atomic E-state index is 12.9. The molecule has 2 atom stereocenters. The van der Waals surface area contributed by atoms with Crippen LogP contribution in [0.4, 0.5) is 0 Å². The molecule has 0 spiro atoms. The molecule has 1 amide bonds. The minimum absolute atomic E-state index is 0.0809. The van der Waals surface area contributed by atoms with Gasteiger partial charge in [0.05, 0.1) is 11.4 Å². The third-order valence-electron chi connectivity index (χ3n) is 5.78. The Balaban J connectivity index is 1.15. The summed E-state index contributed by atoms with van der Waals surface area (Å²) in [5.41, 5.74) is 2.57. The highest BCUT2D eigenvalue weighted by Crippen LogP contribution is 2.32. The van der Waals surface area contributed by atoms with Crippen molar-refractivity contribution in [1.29, 1.82) is 0 Å². The summed E-state index contributed by atoms with van der Waals surface area (Å²) in [4.78, 5) is 21.7. The number of nitrogens with zero attached hydrogens (tertiary/aromatic N) is 3. The van der Waals surface area contributed by atoms with Gasteiger partial charge in [-0.05, 0) is 43.0 Å². The summed E-state index contributed by atoms with van der Waals surface area (Å²) < 4.78 is 0. The van der Waals surface area contributed by atoms with Gasteiger partial charge < -0.3 is 4.90 Å². The molecule has 0 saturated carbocycles. The van der Waals surface area contributed by atoms with Crippen molar-refractivity contribution in [3.8, 4) is 0 Å². The number of nitrogens with one attached hydrogen (secondary N) is 1. The van der Waals surface area contributed by atoms with Crippen LogP contribution in [-0.2, 0) is 11.2 Å². The summed E-state index contributed by atoms with van der Waals surface area (Å²) >= 11 is 1.80. The number of benzene rings is 1. The Kier molecular flexibility index (Phi) is 7.19. The largest absolute Gasteiger partial charge is 0.339 e. The standard InChI is InChI=1S/C23H30N4OS/c28-23(21-18-29-22(25-21)20-10-6-11-24-17-20)27-15-13-26(14-16-27)12-5-4-9-19-7-2-1-3-8-19/h1-3,6-8,10-11,17,21-22,25H,4-5,9,12-16,18H2. The minimum atomic E-state index is -0.0809. The van der Waals surface area contributed by atoms with Gasteiger partial charge in [-0.1, -0.05) is 36.4 Å². The van der Waals surface area contributed by atoms with Crippen molar-refractivity contribution >= 4 is 17.7 Å². The maximum absolute atomic E-state index is 12.9. The Labute approximate surface area is 177 Å². The van der Waals surface area contributed by atoms with Crippen LogP contribution in [0.3, 0.4) is 0 Å². The number of unbranched alkanes of at least 4 members (excludes halogenated alkanes) is 1. The molecule has 2 fully saturated rings. The van der Waals surface area contributed by atoms with Crippen molar-refractivity contribution in [1.82, 2.24) is 20.1 Å². The van der Waals surface area contributed by atoms with Gasteiger partial charge in [0.25, 0.3) is 0 Å². The zero-order valence-electron chi connectivity index (χ0n) is 16.9. The third kappa shape index (κ3) is 5.59. The van der Waals surface area contributed by atoms with Crippen LogP contribution in [0.15, 0.2) is 54.9 Å². The highest BCUT2D eigenvalue weighted by Gasteiger charge is 2.34. The Morgan fingerprint density at radius 3 is 2.66 bits per heavy atom. The molecule has 29 heavy (non-hydrogen) atoms. The predicted octanol–water partition coefficient (Wildman–Crippen LogP) is 2.95. The molecule has 3 heterocycles. The van der Waals surface area contributed by atoms with Crippen molar-refractivity contribution in [3.63, 3.8) is 0 Å². The van der Waals surface area contributed by atoms with E-state index in [1.807, 2.05) is 17.2 Å². The van der Waals surface area contributed by atoms with E-state index >= 15 is 0 Å². The van der Waals surface area contributed by atoms with Gasteiger partial charge in [-0.25, -0.2) is 0 Å². The minimum Gasteiger partial charge on any atom is -0.339 e. The SMILES string of the molecule is O=C(C1CSC(c2cccnc2)N1)N1CCN(CCCCc2ccccc2)CC1. The normalized spacial score (nSPS) is 22.7. The van der Waals surface area contributed by atoms with Crippen LogP contribution in [0.2, 0.25) is 0 Å². The van der Waals surface area contributed by atoms with Crippen molar-refractivity contribution < 1.29 is 4.79 Å². The topological polar surface area (TPSA) is 48.5 Å². The second-order valence-electron chi connectivity index (χ2n) is 7.83. The lowest BCUT2D eigenvalue weighted by Gasteiger charge is -2.36. The van der Waals surface area contributed by atoms with Gasteiger partial charge in [-0.3, -0.25) is 20.0 Å². The van der Waals surface area contributed by atoms with Crippen molar-refractivity contribution in [2.45, 2.75) is 30.7 Å². The van der Waals surface area contributed by atoms with Crippen LogP contribution in [0, 0.1) is 0 Å². The number of rotatable bonds is 7. The molecule has 0 radical (unpaired) electrons. The molecule has 1 aromatic carbocycles. The van der Waals surface area contributed by atoms with E-state index in [1.165, 1.54) is 18.4 Å². The monoisotopic (exact) mass is 410 g/mol. The first-order valence-electron chi connectivity index (χ1n) is 10.6. The molecule has 2 saturated heterocycles. The van der Waals surface area contributed by atoms with Crippen LogP contribution in [-0.4, -0.2) is 65.2 Å². The second kappa shape index (κ2) is 10.2. The number of hydrogen-bond acceptors (Lipinski definition) is 5. The molecule has 2 unspecified atom stereocenters. The summed E-state index contributed by atoms with van der Waals surface area (Å²) in [7, 11) is 0. The fourth-order valence-electron chi connectivity index (χ4n) is 4.06. The summed E-state index contributed by atoms with van der Waals surface area (Å²) in [6, 6.07) is 14.7. The molecule has 0 aliphatic carbocycles. The van der Waals surface area contributed by atoms with Crippen LogP contribution < -0.4 is 5.32 Å². The number of carbonyl (C=O) groups excluding carboxylic acids is 1. The smallest absolute Gasteiger partial charge is 0.240 e. The first-order valence-corrected chi connectivity index (χ1v) is 11.7. The van der Waals surface area contributed by atoms with Crippen molar-refractivity contribution in [2.24, 2.45) is 0 Å². The molecule has 4 rings (SSSR count). The summed E-state index contributed by atoms with van der Waals surface area (Å²) in [5.74, 6) is 1.09. The van der Waals surface area contributed by atoms with Crippen LogP contribution in [0.5, 0.6) is 0 Å². The molecule has 0 bridgehead atoms. The van der Waals surface area contributed by atoms with Crippen LogP contribution in [0.1, 0.15) is 29.3 Å². The number of carbonyl (C=O) groups is 1. The second-order valence-corrected chi connectivity index (χ2v) is 8.97. The van der Waals surface area contributed by atoms with Gasteiger partial charge in [0, 0.05) is 44.3 Å². The highest BCUT2D eigenvalue weighted by molar-refractivity contribution is 7.99. The third-order valence-corrected chi connectivity index (χ3v) is 7.05. The van der Waals surface area contributed by atoms with Gasteiger partial charge in [0.1, 0.15) is 0 Å². The highest BCUT2D eigenvalue weighted by atomic mass is 32.2. The zero-order chi connectivity index (χ0) is 19.9. The van der Waals surface area contributed by atoms with E-state index in [2.05, 4.69) is 51.6 Å². The molecular formula is C23H30N4OS. The molecular weight excluding hydrogens is 380 g/mol. The first kappa shape index (κ1) is 20.4. The van der Waals surface area contributed by atoms with E-state index in [0.717, 1.165) is 50.5 Å². The van der Waals surface area contributed by atoms with Crippen LogP contribution >= 0.6 is 11.8 Å². The molecule has 2 aromatic rings. The first-order chi connectivity index (χ1) is 14.3. The number of piperazine rings is 1. The van der Waals surface area contributed by atoms with Gasteiger partial charge in [-0.15, -0.1) is 11.8 Å². The van der Waals surface area contributed by atoms with E-state index in [-0.39, 0.29) is 17.3 Å². The number of aromatic nitrogens is 1. The molecule has 2 aliphatic rings. The van der Waals surface area contributed by atoms with E-state index in [9.17, 15) is 4.79 Å². The lowest BCUT2D eigenvalue weighted by molar-refractivity contribution is -0.134. The Morgan fingerprint density at radius 1 is 1.07 bits per heavy atom. The number of pyridine rings is 1. The Bertz CT molecular complexity index is 765. The van der Waals surface area contributed by atoms with E-state index in [0.29, 0.717) is 0 Å². The number of aryl methyl sites for hydroxylation is 1. The molecule has 6 heteroatoms. The fourth-order valence-corrected chi connectivity index (χ4v) is 5.28. The number of thioether (sulfide) groups is 1. The average Bonchev–Trinajstić information content (AvgIpc) is 3.28. The van der Waals surface area contributed by atoms with E-state index < -0.39 is 0 Å². The van der Waals surface area contributed by atoms with Crippen molar-refractivity contribution in [2.75, 3.05) is 38.5 Å². The van der Waals surface area contributed by atoms with Gasteiger partial charge in [0.15, 0.2) is 0 Å². The number of amides is 1. The Hall–Kier alpha value is -1.89. The lowest BCUT2D eigenvalue weighted by Crippen LogP contribution is -2.53. The van der Waals surface area contributed by atoms with E-state index in [1.54, 1.807) is 18.0 Å². The molecule has 5 nitrogen and oxygen atoms in total. The predicted molar refractivity (Wildman–Crippen MR) is 119 cm³/mol. The van der Waals surface area contributed by atoms with Gasteiger partial charge in [-0.2, -0.15) is 0 Å². The quantitative estimate of drug-likeness (QED) is 0.711.